The molecule has 14 aromatic rings. The van der Waals surface area contributed by atoms with Crippen LogP contribution in [0, 0.1) is 13.8 Å². The third-order valence-corrected chi connectivity index (χ3v) is 15.9. The molecule has 0 N–H and O–H groups in total. The molecule has 2 aliphatic heterocycles. The van der Waals surface area contributed by atoms with Gasteiger partial charge in [0, 0.05) is 44.1 Å². The number of hydrogen-bond acceptors (Lipinski definition) is 4. The lowest BCUT2D eigenvalue weighted by atomic mass is 9.33. The summed E-state index contributed by atoms with van der Waals surface area (Å²) >= 11 is 0. The minimum Gasteiger partial charge on any atom is -0.457 e. The number of anilines is 3. The van der Waals surface area contributed by atoms with Gasteiger partial charge in [-0.2, -0.15) is 0 Å². The second kappa shape index (κ2) is 15.1. The summed E-state index contributed by atoms with van der Waals surface area (Å²) in [6.07, 6.45) is 0. The Bertz CT molecular complexity index is 4700. The van der Waals surface area contributed by atoms with Gasteiger partial charge in [-0.15, -0.1) is 0 Å². The highest BCUT2D eigenvalue weighted by atomic mass is 16.5. The highest BCUT2D eigenvalue weighted by molar-refractivity contribution is 7.00. The van der Waals surface area contributed by atoms with Gasteiger partial charge < -0.3 is 18.5 Å². The lowest BCUT2D eigenvalue weighted by Crippen LogP contribution is -2.56. The summed E-state index contributed by atoms with van der Waals surface area (Å²) in [7, 11) is 0. The molecule has 2 aromatic heterocycles. The molecule has 340 valence electrons. The SMILES string of the molecule is Cc1cc(C)c2c(c1)-c1cccc3c1c(cc1c4cccc5c4c(cc31)-c1ccc(N(c3ccccc3-c3ccccc3)c3cccc4c3oc3ccccc34)cc1O5)B2c1cccc2c1oc1ccccc12. The zero-order valence-corrected chi connectivity index (χ0v) is 40.0. The van der Waals surface area contributed by atoms with Crippen molar-refractivity contribution in [2.24, 2.45) is 0 Å². The van der Waals surface area contributed by atoms with E-state index in [-0.39, 0.29) is 6.71 Å². The molecule has 2 aliphatic rings. The lowest BCUT2D eigenvalue weighted by Gasteiger charge is -2.31. The van der Waals surface area contributed by atoms with Gasteiger partial charge in [-0.1, -0.05) is 186 Å². The molecule has 5 heteroatoms. The van der Waals surface area contributed by atoms with Crippen molar-refractivity contribution in [1.82, 2.24) is 0 Å². The van der Waals surface area contributed by atoms with Gasteiger partial charge in [0.05, 0.1) is 17.1 Å². The van der Waals surface area contributed by atoms with Gasteiger partial charge in [-0.3, -0.25) is 0 Å². The maximum atomic E-state index is 7.16. The Balaban J connectivity index is 0.935. The molecule has 0 atom stereocenters. The number of furan rings is 2. The first-order chi connectivity index (χ1) is 36.0. The largest absolute Gasteiger partial charge is 0.457 e. The van der Waals surface area contributed by atoms with Crippen LogP contribution in [0.15, 0.2) is 227 Å². The number of rotatable bonds is 5. The Labute approximate surface area is 421 Å². The predicted octanol–water partition coefficient (Wildman–Crippen LogP) is 17.0. The molecule has 12 aromatic carbocycles. The molecule has 0 spiro atoms. The van der Waals surface area contributed by atoms with Crippen LogP contribution in [0.3, 0.4) is 0 Å². The molecule has 4 heterocycles. The van der Waals surface area contributed by atoms with Gasteiger partial charge in [0.25, 0.3) is 0 Å². The van der Waals surface area contributed by atoms with Crippen LogP contribution < -0.4 is 26.0 Å². The fourth-order valence-electron chi connectivity index (χ4n) is 12.9. The minimum atomic E-state index is -0.0664. The first-order valence-electron chi connectivity index (χ1n) is 25.2. The van der Waals surface area contributed by atoms with E-state index in [9.17, 15) is 0 Å². The van der Waals surface area contributed by atoms with Crippen LogP contribution in [0.25, 0.3) is 110 Å². The Morgan fingerprint density at radius 3 is 1.84 bits per heavy atom. The van der Waals surface area contributed by atoms with Crippen molar-refractivity contribution >= 4 is 116 Å². The number of para-hydroxylation sites is 5. The Kier molecular flexibility index (Phi) is 8.36. The Hall–Kier alpha value is -9.32. The van der Waals surface area contributed by atoms with Crippen LogP contribution in [0.4, 0.5) is 17.1 Å². The molecule has 0 aliphatic carbocycles. The smallest absolute Gasteiger partial charge is 0.248 e. The Morgan fingerprint density at radius 2 is 1.00 bits per heavy atom. The first kappa shape index (κ1) is 40.4. The molecule has 0 saturated carbocycles. The normalized spacial score (nSPS) is 12.6. The average Bonchev–Trinajstić information content (AvgIpc) is 4.01. The van der Waals surface area contributed by atoms with E-state index in [0.29, 0.717) is 0 Å². The molecule has 0 fully saturated rings. The van der Waals surface area contributed by atoms with E-state index >= 15 is 0 Å². The number of benzene rings is 12. The summed E-state index contributed by atoms with van der Waals surface area (Å²) in [5.41, 5.74) is 19.9. The van der Waals surface area contributed by atoms with Gasteiger partial charge in [0.1, 0.15) is 28.2 Å². The van der Waals surface area contributed by atoms with E-state index in [4.69, 9.17) is 13.6 Å². The van der Waals surface area contributed by atoms with Crippen molar-refractivity contribution in [2.45, 2.75) is 13.8 Å². The van der Waals surface area contributed by atoms with Crippen molar-refractivity contribution in [2.75, 3.05) is 4.90 Å². The second-order valence-corrected chi connectivity index (χ2v) is 19.9. The van der Waals surface area contributed by atoms with Crippen molar-refractivity contribution < 1.29 is 13.6 Å². The second-order valence-electron chi connectivity index (χ2n) is 19.9. The van der Waals surface area contributed by atoms with Crippen LogP contribution in [0.1, 0.15) is 11.1 Å². The van der Waals surface area contributed by atoms with Crippen molar-refractivity contribution in [1.29, 1.82) is 0 Å². The molecule has 0 unspecified atom stereocenters. The molecular formula is C68H42BNO3. The number of ether oxygens (including phenoxy) is 1. The first-order valence-corrected chi connectivity index (χ1v) is 25.2. The standard InChI is InChI=1S/C68H42BNO3/c1-39-34-40(2)66-55(35-39)49-22-12-21-47-52-37-54-46-33-32-42(70(58-27-9-6-18-43(58)41-16-4-3-5-17-41)59-28-14-25-51-45-20-8-11-30-61(45)73-68(51)59)36-63(46)71-62-31-15-23-48(65(54)62)53(52)38-57(64(47)49)69(66)56-26-13-24-50-44-19-7-10-29-60(44)72-67(50)56/h3-38H,1-2H3. The topological polar surface area (TPSA) is 38.8 Å². The summed E-state index contributed by atoms with van der Waals surface area (Å²) in [5.74, 6) is 1.65. The summed E-state index contributed by atoms with van der Waals surface area (Å²) in [4.78, 5) is 2.34. The van der Waals surface area contributed by atoms with Gasteiger partial charge in [0.15, 0.2) is 5.58 Å². The number of fused-ring (bicyclic) bond motifs is 13. The monoisotopic (exact) mass is 931 g/mol. The van der Waals surface area contributed by atoms with Crippen LogP contribution >= 0.6 is 0 Å². The number of nitrogens with zero attached hydrogens (tertiary/aromatic N) is 1. The molecule has 0 saturated heterocycles. The van der Waals surface area contributed by atoms with E-state index < -0.39 is 0 Å². The van der Waals surface area contributed by atoms with Crippen LogP contribution in [0.2, 0.25) is 0 Å². The minimum absolute atomic E-state index is 0.0664. The molecule has 0 bridgehead atoms. The lowest BCUT2D eigenvalue weighted by molar-refractivity contribution is 0.487. The van der Waals surface area contributed by atoms with Crippen LogP contribution in [0.5, 0.6) is 11.5 Å². The van der Waals surface area contributed by atoms with Crippen LogP contribution in [-0.2, 0) is 0 Å². The molecule has 4 nitrogen and oxygen atoms in total. The molecule has 73 heavy (non-hydrogen) atoms. The molecule has 16 rings (SSSR count). The van der Waals surface area contributed by atoms with E-state index in [0.717, 1.165) is 100 Å². The highest BCUT2D eigenvalue weighted by Gasteiger charge is 2.37. The third-order valence-electron chi connectivity index (χ3n) is 15.9. The van der Waals surface area contributed by atoms with Gasteiger partial charge >= 0.3 is 0 Å². The highest BCUT2D eigenvalue weighted by Crippen LogP contribution is 2.53. The summed E-state index contributed by atoms with van der Waals surface area (Å²) < 4.78 is 20.8. The molecule has 0 amide bonds. The average molecular weight is 932 g/mol. The van der Waals surface area contributed by atoms with E-state index in [2.05, 4.69) is 231 Å². The van der Waals surface area contributed by atoms with E-state index in [1.807, 2.05) is 6.07 Å². The van der Waals surface area contributed by atoms with Crippen LogP contribution in [-0.4, -0.2) is 6.71 Å². The summed E-state index contributed by atoms with van der Waals surface area (Å²) in [5, 5.41) is 11.7. The fourth-order valence-corrected chi connectivity index (χ4v) is 12.9. The zero-order valence-electron chi connectivity index (χ0n) is 40.0. The Morgan fingerprint density at radius 1 is 0.370 bits per heavy atom. The third kappa shape index (κ3) is 5.73. The molecule has 0 radical (unpaired) electrons. The van der Waals surface area contributed by atoms with Gasteiger partial charge in [0.2, 0.25) is 6.71 Å². The summed E-state index contributed by atoms with van der Waals surface area (Å²) in [6, 6.07) is 79.0. The van der Waals surface area contributed by atoms with Crippen molar-refractivity contribution in [3.63, 3.8) is 0 Å². The predicted molar refractivity (Wildman–Crippen MR) is 305 cm³/mol. The maximum Gasteiger partial charge on any atom is 0.248 e. The fraction of sp³-hybridized carbons (Fsp3) is 0.0294. The van der Waals surface area contributed by atoms with Gasteiger partial charge in [-0.05, 0) is 117 Å². The number of hydrogen-bond donors (Lipinski definition) is 0. The van der Waals surface area contributed by atoms with Crippen molar-refractivity contribution in [3.8, 4) is 44.9 Å². The zero-order chi connectivity index (χ0) is 48.1. The van der Waals surface area contributed by atoms with E-state index in [1.165, 1.54) is 65.6 Å². The van der Waals surface area contributed by atoms with Gasteiger partial charge in [-0.25, -0.2) is 0 Å². The number of aryl methyl sites for hydroxylation is 2. The van der Waals surface area contributed by atoms with E-state index in [1.54, 1.807) is 0 Å². The molecular weight excluding hydrogens is 890 g/mol. The van der Waals surface area contributed by atoms with Crippen molar-refractivity contribution in [3.05, 3.63) is 230 Å². The maximum absolute atomic E-state index is 7.16. The summed E-state index contributed by atoms with van der Waals surface area (Å²) in [6.45, 7) is 4.44. The quantitative estimate of drug-likeness (QED) is 0.127.